The number of thioether (sulfide) groups is 1. The van der Waals surface area contributed by atoms with E-state index in [2.05, 4.69) is 10.6 Å². The number of carbonyl (C=O) groups is 6. The maximum atomic E-state index is 12.6. The summed E-state index contributed by atoms with van der Waals surface area (Å²) in [4.78, 5) is 69.3. The van der Waals surface area contributed by atoms with Crippen molar-refractivity contribution in [2.24, 2.45) is 5.73 Å². The number of hydroxylamine groups is 1. The predicted octanol–water partition coefficient (Wildman–Crippen LogP) is 0.661. The number of hydrogen-bond donors (Lipinski definition) is 5. The van der Waals surface area contributed by atoms with Crippen LogP contribution in [0.4, 0.5) is 10.5 Å². The molecule has 3 amide bonds. The zero-order valence-corrected chi connectivity index (χ0v) is 22.2. The van der Waals surface area contributed by atoms with Gasteiger partial charge in [0.2, 0.25) is 11.8 Å². The number of benzene rings is 1. The molecule has 6 N–H and O–H groups in total. The van der Waals surface area contributed by atoms with Crippen molar-refractivity contribution in [3.63, 3.8) is 0 Å². The molecule has 2 unspecified atom stereocenters. The summed E-state index contributed by atoms with van der Waals surface area (Å²) in [5.41, 5.74) is 6.02. The smallest absolute Gasteiger partial charge is 0.325 e. The average molecular weight is 559 g/mol. The lowest BCUT2D eigenvalue weighted by Crippen LogP contribution is -2.53. The molecule has 0 spiro atoms. The number of esters is 2. The number of carboxylic acid groups (broad SMARTS) is 1. The number of anilines is 1. The molecule has 0 aromatic heterocycles. The Labute approximate surface area is 224 Å². The number of nitrogens with zero attached hydrogens (tertiary/aromatic N) is 1. The van der Waals surface area contributed by atoms with Gasteiger partial charge in [0, 0.05) is 19.1 Å². The molecule has 0 aliphatic heterocycles. The van der Waals surface area contributed by atoms with E-state index >= 15 is 0 Å². The highest BCUT2D eigenvalue weighted by Crippen LogP contribution is 2.17. The molecule has 0 saturated carbocycles. The molecule has 212 valence electrons. The van der Waals surface area contributed by atoms with Crippen molar-refractivity contribution >= 4 is 52.4 Å². The number of para-hydroxylation sites is 1. The van der Waals surface area contributed by atoms with Gasteiger partial charge in [0.15, 0.2) is 0 Å². The van der Waals surface area contributed by atoms with Crippen molar-refractivity contribution in [2.75, 3.05) is 30.6 Å². The van der Waals surface area contributed by atoms with Gasteiger partial charge in [-0.1, -0.05) is 30.0 Å². The Morgan fingerprint density at radius 1 is 1.00 bits per heavy atom. The molecule has 1 rings (SSSR count). The van der Waals surface area contributed by atoms with E-state index in [4.69, 9.17) is 25.1 Å². The summed E-state index contributed by atoms with van der Waals surface area (Å²) < 4.78 is 9.53. The summed E-state index contributed by atoms with van der Waals surface area (Å²) in [6.45, 7) is 4.21. The number of amides is 3. The Kier molecular flexibility index (Phi) is 17.5. The topological polar surface area (TPSA) is 215 Å². The molecule has 0 radical (unpaired) electrons. The van der Waals surface area contributed by atoms with E-state index in [-0.39, 0.29) is 37.5 Å². The van der Waals surface area contributed by atoms with Crippen LogP contribution in [0.15, 0.2) is 30.3 Å². The Bertz CT molecular complexity index is 928. The van der Waals surface area contributed by atoms with Crippen LogP contribution < -0.4 is 21.4 Å². The number of aliphatic carboxylic acids is 1. The summed E-state index contributed by atoms with van der Waals surface area (Å²) in [7, 11) is 0. The van der Waals surface area contributed by atoms with Crippen LogP contribution in [0.2, 0.25) is 0 Å². The molecule has 15 heteroatoms. The number of carbonyl (C=O) groups excluding carboxylic acids is 5. The third-order valence-corrected chi connectivity index (χ3v) is 5.11. The van der Waals surface area contributed by atoms with Crippen molar-refractivity contribution in [3.05, 3.63) is 30.3 Å². The molecule has 38 heavy (non-hydrogen) atoms. The van der Waals surface area contributed by atoms with E-state index in [1.807, 2.05) is 0 Å². The first-order chi connectivity index (χ1) is 17.9. The third kappa shape index (κ3) is 15.4. The largest absolute Gasteiger partial charge is 0.481 e. The zero-order valence-electron chi connectivity index (χ0n) is 21.4. The van der Waals surface area contributed by atoms with Crippen LogP contribution in [0.25, 0.3) is 0 Å². The van der Waals surface area contributed by atoms with Gasteiger partial charge in [0.05, 0.1) is 24.9 Å². The Balaban J connectivity index is 0.00000318. The van der Waals surface area contributed by atoms with Crippen molar-refractivity contribution < 1.29 is 48.6 Å². The minimum Gasteiger partial charge on any atom is -0.481 e. The summed E-state index contributed by atoms with van der Waals surface area (Å²) in [6, 6.07) is 5.58. The molecule has 0 heterocycles. The van der Waals surface area contributed by atoms with Crippen LogP contribution in [0.1, 0.15) is 33.6 Å². The minimum atomic E-state index is -1.27. The first-order valence-electron chi connectivity index (χ1n) is 11.5. The molecule has 1 aromatic rings. The van der Waals surface area contributed by atoms with Crippen molar-refractivity contribution in [1.82, 2.24) is 10.6 Å². The first kappa shape index (κ1) is 34.3. The predicted molar refractivity (Wildman–Crippen MR) is 137 cm³/mol. The number of carboxylic acids is 1. The summed E-state index contributed by atoms with van der Waals surface area (Å²) >= 11 is 0.569. The second kappa shape index (κ2) is 19.4. The fourth-order valence-corrected chi connectivity index (χ4v) is 3.26. The average Bonchev–Trinajstić information content (AvgIpc) is 2.87. The lowest BCUT2D eigenvalue weighted by molar-refractivity contribution is -0.144. The van der Waals surface area contributed by atoms with Gasteiger partial charge in [-0.05, 0) is 32.4 Å². The number of nitrogens with two attached hydrogens (primary N) is 1. The van der Waals surface area contributed by atoms with Gasteiger partial charge in [-0.15, -0.1) is 0 Å². The number of hydrogen-bond acceptors (Lipinski definition) is 11. The maximum absolute atomic E-state index is 12.6. The third-order valence-electron chi connectivity index (χ3n) is 4.19. The minimum absolute atomic E-state index is 0.0215. The second-order valence-electron chi connectivity index (χ2n) is 7.28. The number of rotatable bonds is 13. The molecular formula is C23H34N4O10S. The van der Waals surface area contributed by atoms with E-state index in [0.29, 0.717) is 16.8 Å². The van der Waals surface area contributed by atoms with Gasteiger partial charge in [-0.2, -0.15) is 5.06 Å². The lowest BCUT2D eigenvalue weighted by atomic mass is 10.1. The monoisotopic (exact) mass is 558 g/mol. The molecule has 14 nitrogen and oxygen atoms in total. The number of ether oxygens (including phenoxy) is 2. The molecule has 1 aromatic carbocycles. The normalized spacial score (nSPS) is 11.5. The van der Waals surface area contributed by atoms with Gasteiger partial charge >= 0.3 is 17.2 Å². The van der Waals surface area contributed by atoms with Crippen LogP contribution >= 0.6 is 11.8 Å². The number of nitrogens with one attached hydrogen (secondary N) is 2. The molecule has 0 aliphatic rings. The molecular weight excluding hydrogens is 524 g/mol. The van der Waals surface area contributed by atoms with E-state index in [0.717, 1.165) is 6.92 Å². The zero-order chi connectivity index (χ0) is 29.1. The van der Waals surface area contributed by atoms with E-state index < -0.39 is 53.6 Å². The van der Waals surface area contributed by atoms with E-state index in [1.54, 1.807) is 32.0 Å². The van der Waals surface area contributed by atoms with Gasteiger partial charge in [-0.25, -0.2) is 0 Å². The maximum Gasteiger partial charge on any atom is 0.325 e. The van der Waals surface area contributed by atoms with Crippen molar-refractivity contribution in [1.29, 1.82) is 0 Å². The molecule has 0 fully saturated rings. The van der Waals surface area contributed by atoms with Crippen LogP contribution in [0.5, 0.6) is 0 Å². The van der Waals surface area contributed by atoms with Gasteiger partial charge < -0.3 is 30.9 Å². The first-order valence-corrected chi connectivity index (χ1v) is 12.5. The standard InChI is InChI=1S/C21H30N4O8S.C2H4O2/c1-3-32-17(26)11-10-15(22)19(28)24-16(20(29)23-12-18(27)33-4-2)13-34-21(30)25(31)14-8-6-5-7-9-14;1-2(3)4/h5-9,15-16,31H,3-4,10-13,22H2,1-2H3,(H,23,29)(H,24,28);1H3,(H,3,4). The van der Waals surface area contributed by atoms with Gasteiger partial charge in [-0.3, -0.25) is 34.0 Å². The molecule has 0 saturated heterocycles. The Morgan fingerprint density at radius 2 is 1.55 bits per heavy atom. The van der Waals surface area contributed by atoms with Crippen LogP contribution in [0, 0.1) is 0 Å². The molecule has 0 aliphatic carbocycles. The van der Waals surface area contributed by atoms with Gasteiger partial charge in [0.1, 0.15) is 12.6 Å². The van der Waals surface area contributed by atoms with Crippen LogP contribution in [-0.2, 0) is 33.4 Å². The fraction of sp³-hybridized carbons (Fsp3) is 0.478. The highest BCUT2D eigenvalue weighted by atomic mass is 32.2. The highest BCUT2D eigenvalue weighted by molar-refractivity contribution is 8.13. The summed E-state index contributed by atoms with van der Waals surface area (Å²) in [5, 5.41) is 21.8. The van der Waals surface area contributed by atoms with Gasteiger partial charge in [0.25, 0.3) is 5.97 Å². The summed E-state index contributed by atoms with van der Waals surface area (Å²) in [6.07, 6.45) is -0.113. The highest BCUT2D eigenvalue weighted by Gasteiger charge is 2.27. The Hall–Kier alpha value is -3.69. The molecule has 2 atom stereocenters. The second-order valence-corrected chi connectivity index (χ2v) is 8.25. The van der Waals surface area contributed by atoms with E-state index in [1.165, 1.54) is 12.1 Å². The summed E-state index contributed by atoms with van der Waals surface area (Å²) in [5.74, 6) is -3.80. The molecule has 0 bridgehead atoms. The SMILES string of the molecule is CC(=O)O.CCOC(=O)CCC(N)C(=O)NC(CSC(=O)N(O)c1ccccc1)C(=O)NCC(=O)OCC. The lowest BCUT2D eigenvalue weighted by Gasteiger charge is -2.21. The quantitative estimate of drug-likeness (QED) is 0.128. The van der Waals surface area contributed by atoms with Crippen LogP contribution in [-0.4, -0.2) is 82.9 Å². The van der Waals surface area contributed by atoms with Crippen molar-refractivity contribution in [3.8, 4) is 0 Å². The van der Waals surface area contributed by atoms with E-state index in [9.17, 15) is 29.2 Å². The Morgan fingerprint density at radius 3 is 2.11 bits per heavy atom. The van der Waals surface area contributed by atoms with Crippen molar-refractivity contribution in [2.45, 2.75) is 45.7 Å². The fourth-order valence-electron chi connectivity index (χ4n) is 2.48. The van der Waals surface area contributed by atoms with Crippen LogP contribution in [0.3, 0.4) is 0 Å².